The summed E-state index contributed by atoms with van der Waals surface area (Å²) in [6.07, 6.45) is 4.14. The zero-order valence-corrected chi connectivity index (χ0v) is 8.16. The molecule has 0 aromatic heterocycles. The number of hydrogen-bond acceptors (Lipinski definition) is 2. The molecule has 1 N–H and O–H groups in total. The molecule has 13 heavy (non-hydrogen) atoms. The SMILES string of the molecule is CCCC(COCC1CC1)C(=O)O. The molecule has 1 aliphatic carbocycles. The highest BCUT2D eigenvalue weighted by Crippen LogP contribution is 2.29. The molecule has 0 aromatic rings. The van der Waals surface area contributed by atoms with E-state index in [0.29, 0.717) is 6.61 Å². The van der Waals surface area contributed by atoms with Crippen LogP contribution in [-0.4, -0.2) is 24.3 Å². The molecule has 76 valence electrons. The van der Waals surface area contributed by atoms with Gasteiger partial charge in [0.2, 0.25) is 0 Å². The van der Waals surface area contributed by atoms with E-state index in [1.54, 1.807) is 0 Å². The van der Waals surface area contributed by atoms with Gasteiger partial charge in [-0.3, -0.25) is 4.79 Å². The van der Waals surface area contributed by atoms with Crippen LogP contribution in [0.1, 0.15) is 32.6 Å². The fourth-order valence-corrected chi connectivity index (χ4v) is 1.29. The molecule has 1 atom stereocenters. The second kappa shape index (κ2) is 5.22. The third kappa shape index (κ3) is 4.27. The van der Waals surface area contributed by atoms with Gasteiger partial charge in [-0.05, 0) is 25.2 Å². The van der Waals surface area contributed by atoms with Crippen LogP contribution in [0.5, 0.6) is 0 Å². The van der Waals surface area contributed by atoms with Gasteiger partial charge in [0.05, 0.1) is 12.5 Å². The minimum atomic E-state index is -0.724. The monoisotopic (exact) mass is 186 g/mol. The normalized spacial score (nSPS) is 18.5. The maximum atomic E-state index is 10.7. The Balaban J connectivity index is 2.08. The van der Waals surface area contributed by atoms with Gasteiger partial charge in [0.15, 0.2) is 0 Å². The fourth-order valence-electron chi connectivity index (χ4n) is 1.29. The topological polar surface area (TPSA) is 46.5 Å². The molecule has 0 aromatic carbocycles. The van der Waals surface area contributed by atoms with E-state index in [0.717, 1.165) is 25.4 Å². The molecule has 1 saturated carbocycles. The van der Waals surface area contributed by atoms with E-state index in [4.69, 9.17) is 9.84 Å². The van der Waals surface area contributed by atoms with Crippen LogP contribution >= 0.6 is 0 Å². The molecule has 1 aliphatic rings. The van der Waals surface area contributed by atoms with Crippen LogP contribution in [0, 0.1) is 11.8 Å². The molecular weight excluding hydrogens is 168 g/mol. The third-order valence-corrected chi connectivity index (χ3v) is 2.36. The first-order chi connectivity index (χ1) is 6.24. The maximum absolute atomic E-state index is 10.7. The van der Waals surface area contributed by atoms with Crippen molar-refractivity contribution in [3.8, 4) is 0 Å². The van der Waals surface area contributed by atoms with E-state index in [9.17, 15) is 4.79 Å². The average Bonchev–Trinajstić information content (AvgIpc) is 2.86. The molecule has 3 nitrogen and oxygen atoms in total. The molecule has 0 bridgehead atoms. The summed E-state index contributed by atoms with van der Waals surface area (Å²) >= 11 is 0. The maximum Gasteiger partial charge on any atom is 0.308 e. The molecule has 1 fully saturated rings. The number of hydrogen-bond donors (Lipinski definition) is 1. The molecule has 0 saturated heterocycles. The Morgan fingerprint density at radius 3 is 2.77 bits per heavy atom. The Morgan fingerprint density at radius 1 is 1.62 bits per heavy atom. The second-order valence-electron chi connectivity index (χ2n) is 3.80. The van der Waals surface area contributed by atoms with E-state index in [-0.39, 0.29) is 5.92 Å². The first-order valence-corrected chi connectivity index (χ1v) is 5.04. The lowest BCUT2D eigenvalue weighted by atomic mass is 10.1. The van der Waals surface area contributed by atoms with Crippen molar-refractivity contribution in [1.82, 2.24) is 0 Å². The first-order valence-electron chi connectivity index (χ1n) is 5.04. The average molecular weight is 186 g/mol. The van der Waals surface area contributed by atoms with Crippen molar-refractivity contribution in [2.75, 3.05) is 13.2 Å². The number of carbonyl (C=O) groups is 1. The summed E-state index contributed by atoms with van der Waals surface area (Å²) in [7, 11) is 0. The second-order valence-corrected chi connectivity index (χ2v) is 3.80. The van der Waals surface area contributed by atoms with Crippen LogP contribution in [0.15, 0.2) is 0 Å². The van der Waals surface area contributed by atoms with Gasteiger partial charge in [-0.2, -0.15) is 0 Å². The van der Waals surface area contributed by atoms with Crippen LogP contribution in [0.2, 0.25) is 0 Å². The minimum Gasteiger partial charge on any atom is -0.481 e. The van der Waals surface area contributed by atoms with E-state index >= 15 is 0 Å². The summed E-state index contributed by atoms with van der Waals surface area (Å²) in [5, 5.41) is 8.81. The van der Waals surface area contributed by atoms with Crippen LogP contribution in [0.25, 0.3) is 0 Å². The lowest BCUT2D eigenvalue weighted by Gasteiger charge is -2.10. The quantitative estimate of drug-likeness (QED) is 0.660. The van der Waals surface area contributed by atoms with Gasteiger partial charge in [0, 0.05) is 6.61 Å². The number of carboxylic acids is 1. The van der Waals surface area contributed by atoms with Crippen molar-refractivity contribution in [3.05, 3.63) is 0 Å². The molecule has 0 heterocycles. The Morgan fingerprint density at radius 2 is 2.31 bits per heavy atom. The standard InChI is InChI=1S/C10H18O3/c1-2-3-9(10(11)12)7-13-6-8-4-5-8/h8-9H,2-7H2,1H3,(H,11,12). The fraction of sp³-hybridized carbons (Fsp3) is 0.900. The molecule has 0 aliphatic heterocycles. The van der Waals surface area contributed by atoms with E-state index in [1.807, 2.05) is 6.92 Å². The van der Waals surface area contributed by atoms with Crippen LogP contribution in [0.4, 0.5) is 0 Å². The van der Waals surface area contributed by atoms with Gasteiger partial charge < -0.3 is 9.84 Å². The Hall–Kier alpha value is -0.570. The van der Waals surface area contributed by atoms with Crippen molar-refractivity contribution in [2.24, 2.45) is 11.8 Å². The van der Waals surface area contributed by atoms with Crippen molar-refractivity contribution in [1.29, 1.82) is 0 Å². The van der Waals surface area contributed by atoms with Gasteiger partial charge in [-0.15, -0.1) is 0 Å². The zero-order chi connectivity index (χ0) is 9.68. The summed E-state index contributed by atoms with van der Waals surface area (Å²) in [5.74, 6) is -0.308. The van der Waals surface area contributed by atoms with Crippen LogP contribution < -0.4 is 0 Å². The number of rotatable bonds is 7. The van der Waals surface area contributed by atoms with Crippen molar-refractivity contribution < 1.29 is 14.6 Å². The molecule has 0 radical (unpaired) electrons. The van der Waals surface area contributed by atoms with E-state index in [1.165, 1.54) is 12.8 Å². The number of aliphatic carboxylic acids is 1. The van der Waals surface area contributed by atoms with Crippen molar-refractivity contribution in [3.63, 3.8) is 0 Å². The highest BCUT2D eigenvalue weighted by Gasteiger charge is 2.23. The predicted octanol–water partition coefficient (Wildman–Crippen LogP) is 1.91. The summed E-state index contributed by atoms with van der Waals surface area (Å²) < 4.78 is 5.35. The Kier molecular flexibility index (Phi) is 4.22. The highest BCUT2D eigenvalue weighted by molar-refractivity contribution is 5.70. The van der Waals surface area contributed by atoms with Gasteiger partial charge in [0.25, 0.3) is 0 Å². The minimum absolute atomic E-state index is 0.302. The zero-order valence-electron chi connectivity index (χ0n) is 8.16. The highest BCUT2D eigenvalue weighted by atomic mass is 16.5. The molecule has 0 spiro atoms. The van der Waals surface area contributed by atoms with Gasteiger partial charge >= 0.3 is 5.97 Å². The van der Waals surface area contributed by atoms with Crippen molar-refractivity contribution in [2.45, 2.75) is 32.6 Å². The van der Waals surface area contributed by atoms with Gasteiger partial charge in [0.1, 0.15) is 0 Å². The van der Waals surface area contributed by atoms with E-state index in [2.05, 4.69) is 0 Å². The van der Waals surface area contributed by atoms with Crippen molar-refractivity contribution >= 4 is 5.97 Å². The lowest BCUT2D eigenvalue weighted by molar-refractivity contribution is -0.144. The third-order valence-electron chi connectivity index (χ3n) is 2.36. The Labute approximate surface area is 79.1 Å². The Bertz CT molecular complexity index is 164. The number of ether oxygens (including phenoxy) is 1. The molecule has 1 unspecified atom stereocenters. The first kappa shape index (κ1) is 10.5. The lowest BCUT2D eigenvalue weighted by Crippen LogP contribution is -2.20. The molecular formula is C10H18O3. The summed E-state index contributed by atoms with van der Waals surface area (Å²) in [4.78, 5) is 10.7. The van der Waals surface area contributed by atoms with Crippen LogP contribution in [-0.2, 0) is 9.53 Å². The summed E-state index contributed by atoms with van der Waals surface area (Å²) in [6.45, 7) is 3.14. The summed E-state index contributed by atoms with van der Waals surface area (Å²) in [5.41, 5.74) is 0. The predicted molar refractivity (Wildman–Crippen MR) is 49.6 cm³/mol. The smallest absolute Gasteiger partial charge is 0.308 e. The largest absolute Gasteiger partial charge is 0.481 e. The van der Waals surface area contributed by atoms with Gasteiger partial charge in [-0.1, -0.05) is 13.3 Å². The summed E-state index contributed by atoms with van der Waals surface area (Å²) in [6, 6.07) is 0. The molecule has 1 rings (SSSR count). The van der Waals surface area contributed by atoms with Gasteiger partial charge in [-0.25, -0.2) is 0 Å². The molecule has 0 amide bonds. The number of carboxylic acid groups (broad SMARTS) is 1. The van der Waals surface area contributed by atoms with Crippen LogP contribution in [0.3, 0.4) is 0 Å². The molecule has 3 heteroatoms. The van der Waals surface area contributed by atoms with E-state index < -0.39 is 5.97 Å².